The molecule has 0 heterocycles. The highest BCUT2D eigenvalue weighted by atomic mass is 19.4. The summed E-state index contributed by atoms with van der Waals surface area (Å²) in [5, 5.41) is 10.8. The Morgan fingerprint density at radius 1 is 1.39 bits per heavy atom. The molecule has 0 radical (unpaired) electrons. The Labute approximate surface area is 102 Å². The monoisotopic (exact) mass is 262 g/mol. The van der Waals surface area contributed by atoms with Crippen LogP contribution < -0.4 is 5.73 Å². The van der Waals surface area contributed by atoms with E-state index in [2.05, 4.69) is 0 Å². The molecule has 18 heavy (non-hydrogen) atoms. The van der Waals surface area contributed by atoms with Crippen LogP contribution in [0.25, 0.3) is 0 Å². The van der Waals surface area contributed by atoms with Crippen molar-refractivity contribution in [2.45, 2.75) is 32.5 Å². The fraction of sp³-hybridized carbons (Fsp3) is 0.455. The van der Waals surface area contributed by atoms with Crippen molar-refractivity contribution in [3.05, 3.63) is 38.9 Å². The summed E-state index contributed by atoms with van der Waals surface area (Å²) in [7, 11) is 0. The van der Waals surface area contributed by atoms with Crippen LogP contribution >= 0.6 is 0 Å². The van der Waals surface area contributed by atoms with Gasteiger partial charge in [-0.15, -0.1) is 0 Å². The van der Waals surface area contributed by atoms with Crippen LogP contribution in [0.1, 0.15) is 29.2 Å². The third-order valence-corrected chi connectivity index (χ3v) is 2.74. The highest BCUT2D eigenvalue weighted by molar-refractivity contribution is 5.48. The number of rotatable bonds is 3. The quantitative estimate of drug-likeness (QED) is 0.672. The average Bonchev–Trinajstić information content (AvgIpc) is 2.18. The first-order chi connectivity index (χ1) is 8.11. The fourth-order valence-electron chi connectivity index (χ4n) is 1.64. The van der Waals surface area contributed by atoms with Crippen molar-refractivity contribution in [2.24, 2.45) is 5.73 Å². The molecule has 1 unspecified atom stereocenters. The summed E-state index contributed by atoms with van der Waals surface area (Å²) in [6.45, 7) is 3.15. The molecule has 100 valence electrons. The first kappa shape index (κ1) is 14.4. The molecule has 0 aromatic heterocycles. The minimum Gasteiger partial charge on any atom is -0.324 e. The summed E-state index contributed by atoms with van der Waals surface area (Å²) in [4.78, 5) is 10.2. The lowest BCUT2D eigenvalue weighted by molar-refractivity contribution is -0.385. The van der Waals surface area contributed by atoms with Gasteiger partial charge in [0.2, 0.25) is 0 Å². The van der Waals surface area contributed by atoms with Crippen LogP contribution in [-0.4, -0.2) is 11.1 Å². The second-order valence-corrected chi connectivity index (χ2v) is 4.16. The van der Waals surface area contributed by atoms with E-state index in [1.807, 2.05) is 0 Å². The largest absolute Gasteiger partial charge is 0.390 e. The third-order valence-electron chi connectivity index (χ3n) is 2.74. The summed E-state index contributed by atoms with van der Waals surface area (Å²) < 4.78 is 36.7. The Bertz CT molecular complexity index is 472. The van der Waals surface area contributed by atoms with E-state index in [1.165, 1.54) is 6.07 Å². The summed E-state index contributed by atoms with van der Waals surface area (Å²) in [6.07, 6.45) is -5.60. The summed E-state index contributed by atoms with van der Waals surface area (Å²) in [6, 6.07) is 1.28. The van der Waals surface area contributed by atoms with E-state index in [9.17, 15) is 23.3 Å². The molecule has 7 heteroatoms. The number of alkyl halides is 3. The lowest BCUT2D eigenvalue weighted by Crippen LogP contribution is -2.20. The topological polar surface area (TPSA) is 69.2 Å². The van der Waals surface area contributed by atoms with Crippen molar-refractivity contribution in [3.8, 4) is 0 Å². The maximum absolute atomic E-state index is 12.2. The molecule has 1 rings (SSSR count). The normalized spacial score (nSPS) is 13.4. The van der Waals surface area contributed by atoms with E-state index >= 15 is 0 Å². The molecule has 0 aliphatic carbocycles. The molecule has 1 atom stereocenters. The molecule has 4 nitrogen and oxygen atoms in total. The number of hydrogen-bond acceptors (Lipinski definition) is 3. The van der Waals surface area contributed by atoms with Crippen LogP contribution in [-0.2, 0) is 0 Å². The van der Waals surface area contributed by atoms with Gasteiger partial charge in [0.1, 0.15) is 0 Å². The predicted molar refractivity (Wildman–Crippen MR) is 60.2 cm³/mol. The van der Waals surface area contributed by atoms with E-state index in [1.54, 1.807) is 13.8 Å². The lowest BCUT2D eigenvalue weighted by Gasteiger charge is -2.15. The summed E-state index contributed by atoms with van der Waals surface area (Å²) >= 11 is 0. The van der Waals surface area contributed by atoms with E-state index in [4.69, 9.17) is 5.73 Å². The van der Waals surface area contributed by atoms with Gasteiger partial charge in [0.15, 0.2) is 0 Å². The Balaban J connectivity index is 3.15. The zero-order chi connectivity index (χ0) is 14.1. The molecular formula is C11H13F3N2O2. The lowest BCUT2D eigenvalue weighted by atomic mass is 9.98. The predicted octanol–water partition coefficient (Wildman–Crippen LogP) is 3.16. The van der Waals surface area contributed by atoms with Gasteiger partial charge in [0.05, 0.1) is 11.3 Å². The maximum atomic E-state index is 12.2. The average molecular weight is 262 g/mol. The van der Waals surface area contributed by atoms with Crippen molar-refractivity contribution < 1.29 is 18.1 Å². The number of benzene rings is 1. The molecule has 1 aromatic carbocycles. The highest BCUT2D eigenvalue weighted by Crippen LogP contribution is 2.31. The van der Waals surface area contributed by atoms with Gasteiger partial charge in [0, 0.05) is 17.7 Å². The number of nitrogens with zero attached hydrogens (tertiary/aromatic N) is 1. The Morgan fingerprint density at radius 3 is 2.39 bits per heavy atom. The number of nitro benzene ring substituents is 1. The minimum absolute atomic E-state index is 0.127. The van der Waals surface area contributed by atoms with Crippen molar-refractivity contribution in [1.82, 2.24) is 0 Å². The molecule has 2 N–H and O–H groups in total. The van der Waals surface area contributed by atoms with Crippen LogP contribution in [0, 0.1) is 24.0 Å². The fourth-order valence-corrected chi connectivity index (χ4v) is 1.64. The second kappa shape index (κ2) is 4.93. The van der Waals surface area contributed by atoms with E-state index < -0.39 is 23.6 Å². The van der Waals surface area contributed by atoms with Crippen LogP contribution in [0.5, 0.6) is 0 Å². The second-order valence-electron chi connectivity index (χ2n) is 4.16. The minimum atomic E-state index is -4.40. The Kier molecular flexibility index (Phi) is 3.95. The molecular weight excluding hydrogens is 249 g/mol. The number of halogens is 3. The van der Waals surface area contributed by atoms with Gasteiger partial charge in [-0.1, -0.05) is 6.07 Å². The zero-order valence-corrected chi connectivity index (χ0v) is 9.91. The number of aryl methyl sites for hydroxylation is 1. The molecule has 0 aliphatic rings. The molecule has 0 spiro atoms. The van der Waals surface area contributed by atoms with Gasteiger partial charge < -0.3 is 5.73 Å². The van der Waals surface area contributed by atoms with Crippen LogP contribution in [0.4, 0.5) is 18.9 Å². The highest BCUT2D eigenvalue weighted by Gasteiger charge is 2.31. The van der Waals surface area contributed by atoms with Crippen molar-refractivity contribution in [1.29, 1.82) is 0 Å². The van der Waals surface area contributed by atoms with Crippen molar-refractivity contribution in [3.63, 3.8) is 0 Å². The van der Waals surface area contributed by atoms with Crippen LogP contribution in [0.15, 0.2) is 12.1 Å². The third kappa shape index (κ3) is 3.43. The Hall–Kier alpha value is -1.63. The molecule has 0 fully saturated rings. The van der Waals surface area contributed by atoms with Gasteiger partial charge in [-0.2, -0.15) is 13.2 Å². The van der Waals surface area contributed by atoms with Gasteiger partial charge in [-0.05, 0) is 25.0 Å². The molecule has 0 amide bonds. The molecule has 0 aliphatic heterocycles. The molecule has 0 saturated carbocycles. The first-order valence-corrected chi connectivity index (χ1v) is 5.19. The SMILES string of the molecule is Cc1cc(C(N)CC(F)(F)F)cc([N+](=O)[O-])c1C. The summed E-state index contributed by atoms with van der Waals surface area (Å²) in [5.74, 6) is 0. The number of hydrogen-bond donors (Lipinski definition) is 1. The summed E-state index contributed by atoms with van der Waals surface area (Å²) in [5.41, 5.74) is 6.33. The van der Waals surface area contributed by atoms with E-state index in [-0.39, 0.29) is 11.3 Å². The van der Waals surface area contributed by atoms with Crippen molar-refractivity contribution >= 4 is 5.69 Å². The molecule has 0 bridgehead atoms. The van der Waals surface area contributed by atoms with Crippen molar-refractivity contribution in [2.75, 3.05) is 0 Å². The van der Waals surface area contributed by atoms with Gasteiger partial charge in [-0.25, -0.2) is 0 Å². The van der Waals surface area contributed by atoms with Gasteiger partial charge in [0.25, 0.3) is 5.69 Å². The van der Waals surface area contributed by atoms with Crippen LogP contribution in [0.3, 0.4) is 0 Å². The van der Waals surface area contributed by atoms with Crippen LogP contribution in [0.2, 0.25) is 0 Å². The van der Waals surface area contributed by atoms with Gasteiger partial charge >= 0.3 is 6.18 Å². The smallest absolute Gasteiger partial charge is 0.324 e. The molecule has 1 aromatic rings. The molecule has 0 saturated heterocycles. The first-order valence-electron chi connectivity index (χ1n) is 5.19. The standard InChI is InChI=1S/C11H13F3N2O2/c1-6-3-8(9(15)5-11(12,13)14)4-10(7(6)2)16(17)18/h3-4,9H,5,15H2,1-2H3. The van der Waals surface area contributed by atoms with E-state index in [0.29, 0.717) is 11.1 Å². The van der Waals surface area contributed by atoms with E-state index in [0.717, 1.165) is 6.07 Å². The zero-order valence-electron chi connectivity index (χ0n) is 9.91. The van der Waals surface area contributed by atoms with Gasteiger partial charge in [-0.3, -0.25) is 10.1 Å². The number of nitro groups is 1. The number of nitrogens with two attached hydrogens (primary N) is 1. The Morgan fingerprint density at radius 2 is 1.94 bits per heavy atom. The maximum Gasteiger partial charge on any atom is 0.390 e.